The van der Waals surface area contributed by atoms with Gasteiger partial charge in [0.1, 0.15) is 0 Å². The monoisotopic (exact) mass is 390 g/mol. The quantitative estimate of drug-likeness (QED) is 0.844. The van der Waals surface area contributed by atoms with Crippen molar-refractivity contribution in [2.75, 3.05) is 0 Å². The Hall–Kier alpha value is -0.920. The van der Waals surface area contributed by atoms with Gasteiger partial charge in [-0.15, -0.1) is 0 Å². The van der Waals surface area contributed by atoms with Crippen molar-refractivity contribution in [3.05, 3.63) is 53.4 Å². The van der Waals surface area contributed by atoms with Crippen LogP contribution in [-0.2, 0) is 6.54 Å². The number of hydrogen-bond donors (Lipinski definition) is 2. The highest BCUT2D eigenvalue weighted by atomic mass is 79.9. The number of halogens is 2. The lowest BCUT2D eigenvalue weighted by Crippen LogP contribution is -2.23. The highest BCUT2D eigenvalue weighted by molar-refractivity contribution is 9.11. The van der Waals surface area contributed by atoms with Crippen LogP contribution in [0, 0.1) is 0 Å². The standard InChI is InChI=1S/C11H8Br2N2O2S/c12-6-1-2-8(9(13)3-6)10(16)14-4-7-5-18-11(17)15-7/h1-3,5H,4H2,(H,14,16)(H,15,17). The van der Waals surface area contributed by atoms with E-state index in [4.69, 9.17) is 0 Å². The predicted molar refractivity (Wildman–Crippen MR) is 78.0 cm³/mol. The van der Waals surface area contributed by atoms with Crippen LogP contribution in [0.4, 0.5) is 0 Å². The number of carbonyl (C=O) groups is 1. The molecule has 0 fully saturated rings. The molecule has 0 bridgehead atoms. The SMILES string of the molecule is O=C(NCc1csc(=O)[nH]1)c1ccc(Br)cc1Br. The van der Waals surface area contributed by atoms with E-state index in [2.05, 4.69) is 42.2 Å². The van der Waals surface area contributed by atoms with Gasteiger partial charge in [-0.05, 0) is 34.1 Å². The predicted octanol–water partition coefficient (Wildman–Crippen LogP) is 2.89. The first-order valence-electron chi connectivity index (χ1n) is 4.96. The smallest absolute Gasteiger partial charge is 0.304 e. The van der Waals surface area contributed by atoms with E-state index in [-0.39, 0.29) is 10.8 Å². The molecule has 94 valence electrons. The number of thiazole rings is 1. The van der Waals surface area contributed by atoms with Crippen LogP contribution in [0.5, 0.6) is 0 Å². The number of hydrogen-bond acceptors (Lipinski definition) is 3. The van der Waals surface area contributed by atoms with E-state index in [0.717, 1.165) is 15.8 Å². The number of aromatic nitrogens is 1. The number of H-pyrrole nitrogens is 1. The number of amides is 1. The maximum Gasteiger partial charge on any atom is 0.304 e. The van der Waals surface area contributed by atoms with Crippen LogP contribution in [-0.4, -0.2) is 10.9 Å². The van der Waals surface area contributed by atoms with Crippen LogP contribution < -0.4 is 10.2 Å². The van der Waals surface area contributed by atoms with Gasteiger partial charge in [-0.2, -0.15) is 0 Å². The van der Waals surface area contributed by atoms with Gasteiger partial charge < -0.3 is 10.3 Å². The molecule has 4 nitrogen and oxygen atoms in total. The molecule has 0 saturated carbocycles. The average molecular weight is 392 g/mol. The zero-order valence-electron chi connectivity index (χ0n) is 9.00. The molecule has 18 heavy (non-hydrogen) atoms. The van der Waals surface area contributed by atoms with Gasteiger partial charge in [0.05, 0.1) is 12.1 Å². The molecule has 0 aliphatic rings. The van der Waals surface area contributed by atoms with Gasteiger partial charge in [0, 0.05) is 20.0 Å². The molecule has 0 atom stereocenters. The lowest BCUT2D eigenvalue weighted by atomic mass is 10.2. The molecule has 0 saturated heterocycles. The molecule has 2 rings (SSSR count). The molecule has 1 aromatic heterocycles. The van der Waals surface area contributed by atoms with E-state index in [0.29, 0.717) is 22.3 Å². The van der Waals surface area contributed by atoms with Crippen molar-refractivity contribution in [3.63, 3.8) is 0 Å². The summed E-state index contributed by atoms with van der Waals surface area (Å²) in [6.07, 6.45) is 0. The second-order valence-corrected chi connectivity index (χ2v) is 6.09. The molecule has 0 aliphatic carbocycles. The van der Waals surface area contributed by atoms with E-state index in [1.807, 2.05) is 0 Å². The molecule has 1 aromatic carbocycles. The Balaban J connectivity index is 2.06. The summed E-state index contributed by atoms with van der Waals surface area (Å²) in [6, 6.07) is 5.33. The molecule has 1 amide bonds. The van der Waals surface area contributed by atoms with E-state index >= 15 is 0 Å². The lowest BCUT2D eigenvalue weighted by molar-refractivity contribution is 0.0949. The van der Waals surface area contributed by atoms with Crippen molar-refractivity contribution >= 4 is 49.1 Å². The van der Waals surface area contributed by atoms with E-state index in [1.165, 1.54) is 0 Å². The zero-order chi connectivity index (χ0) is 13.1. The zero-order valence-corrected chi connectivity index (χ0v) is 13.0. The third-order valence-electron chi connectivity index (χ3n) is 2.19. The van der Waals surface area contributed by atoms with Gasteiger partial charge in [0.15, 0.2) is 0 Å². The van der Waals surface area contributed by atoms with Gasteiger partial charge in [-0.3, -0.25) is 9.59 Å². The largest absolute Gasteiger partial charge is 0.346 e. The molecular weight excluding hydrogens is 384 g/mol. The summed E-state index contributed by atoms with van der Waals surface area (Å²) in [5.74, 6) is -0.193. The summed E-state index contributed by atoms with van der Waals surface area (Å²) >= 11 is 7.73. The summed E-state index contributed by atoms with van der Waals surface area (Å²) in [6.45, 7) is 0.306. The van der Waals surface area contributed by atoms with Gasteiger partial charge in [-0.25, -0.2) is 0 Å². The summed E-state index contributed by atoms with van der Waals surface area (Å²) in [7, 11) is 0. The summed E-state index contributed by atoms with van der Waals surface area (Å²) < 4.78 is 1.61. The van der Waals surface area contributed by atoms with E-state index < -0.39 is 0 Å². The fourth-order valence-electron chi connectivity index (χ4n) is 1.34. The van der Waals surface area contributed by atoms with Crippen molar-refractivity contribution < 1.29 is 4.79 Å². The van der Waals surface area contributed by atoms with Crippen LogP contribution in [0.1, 0.15) is 16.1 Å². The van der Waals surface area contributed by atoms with Gasteiger partial charge in [0.2, 0.25) is 0 Å². The molecule has 2 aromatic rings. The van der Waals surface area contributed by atoms with Gasteiger partial charge in [0.25, 0.3) is 5.91 Å². The minimum Gasteiger partial charge on any atom is -0.346 e. The highest BCUT2D eigenvalue weighted by Crippen LogP contribution is 2.21. The normalized spacial score (nSPS) is 10.3. The Labute approximate surface area is 124 Å². The van der Waals surface area contributed by atoms with Crippen molar-refractivity contribution in [2.45, 2.75) is 6.54 Å². The summed E-state index contributed by atoms with van der Waals surface area (Å²) in [5, 5.41) is 4.43. The topological polar surface area (TPSA) is 62.0 Å². The minimum absolute atomic E-state index is 0.121. The Kier molecular flexibility index (Phi) is 4.36. The number of benzene rings is 1. The maximum absolute atomic E-state index is 11.9. The Bertz CT molecular complexity index is 636. The first-order valence-corrected chi connectivity index (χ1v) is 7.43. The molecule has 0 unspecified atom stereocenters. The van der Waals surface area contributed by atoms with Crippen LogP contribution in [0.2, 0.25) is 0 Å². The Morgan fingerprint density at radius 3 is 2.78 bits per heavy atom. The maximum atomic E-state index is 11.9. The number of nitrogens with one attached hydrogen (secondary N) is 2. The molecular formula is C11H8Br2N2O2S. The van der Waals surface area contributed by atoms with Crippen molar-refractivity contribution in [1.82, 2.24) is 10.3 Å². The second kappa shape index (κ2) is 5.81. The summed E-state index contributed by atoms with van der Waals surface area (Å²) in [5.41, 5.74) is 1.25. The molecule has 0 aliphatic heterocycles. The minimum atomic E-state index is -0.193. The Morgan fingerprint density at radius 1 is 1.39 bits per heavy atom. The first kappa shape index (κ1) is 13.5. The van der Waals surface area contributed by atoms with Crippen molar-refractivity contribution in [1.29, 1.82) is 0 Å². The highest BCUT2D eigenvalue weighted by Gasteiger charge is 2.10. The first-order chi connectivity index (χ1) is 8.56. The van der Waals surface area contributed by atoms with E-state index in [1.54, 1.807) is 23.6 Å². The molecule has 0 spiro atoms. The third kappa shape index (κ3) is 3.30. The molecule has 2 N–H and O–H groups in total. The Morgan fingerprint density at radius 2 is 2.17 bits per heavy atom. The fourth-order valence-corrected chi connectivity index (χ4v) is 3.15. The van der Waals surface area contributed by atoms with Crippen LogP contribution in [0.3, 0.4) is 0 Å². The lowest BCUT2D eigenvalue weighted by Gasteiger charge is -2.06. The van der Waals surface area contributed by atoms with Crippen LogP contribution in [0.15, 0.2) is 37.3 Å². The number of carbonyl (C=O) groups excluding carboxylic acids is 1. The summed E-state index contributed by atoms with van der Waals surface area (Å²) in [4.78, 5) is 25.4. The molecule has 7 heteroatoms. The number of rotatable bonds is 3. The van der Waals surface area contributed by atoms with Crippen molar-refractivity contribution in [2.24, 2.45) is 0 Å². The van der Waals surface area contributed by atoms with Crippen molar-refractivity contribution in [3.8, 4) is 0 Å². The average Bonchev–Trinajstić information content (AvgIpc) is 2.72. The third-order valence-corrected chi connectivity index (χ3v) is 4.05. The number of aromatic amines is 1. The fraction of sp³-hybridized carbons (Fsp3) is 0.0909. The van der Waals surface area contributed by atoms with Gasteiger partial charge >= 0.3 is 4.87 Å². The molecule has 1 heterocycles. The van der Waals surface area contributed by atoms with Crippen LogP contribution in [0.25, 0.3) is 0 Å². The van der Waals surface area contributed by atoms with Crippen LogP contribution >= 0.6 is 43.2 Å². The van der Waals surface area contributed by atoms with Gasteiger partial charge in [-0.1, -0.05) is 27.3 Å². The second-order valence-electron chi connectivity index (χ2n) is 3.48. The molecule has 0 radical (unpaired) electrons. The van der Waals surface area contributed by atoms with E-state index in [9.17, 15) is 9.59 Å².